The van der Waals surface area contributed by atoms with Crippen molar-refractivity contribution < 1.29 is 72.2 Å². The topological polar surface area (TPSA) is 246 Å². The molecule has 2 unspecified atom stereocenters. The van der Waals surface area contributed by atoms with E-state index in [9.17, 15) is 39.3 Å². The highest BCUT2D eigenvalue weighted by molar-refractivity contribution is 5.95. The fraction of sp³-hybridized carbons (Fsp3) is 0.500. The maximum atomic E-state index is 15.6. The third-order valence-corrected chi connectivity index (χ3v) is 13.7. The number of benzene rings is 2. The summed E-state index contributed by atoms with van der Waals surface area (Å²) in [6.45, 7) is 10.4. The molecule has 17 heteroatoms. The van der Waals surface area contributed by atoms with Crippen LogP contribution in [0, 0.1) is 22.7 Å². The number of rotatable bonds is 12. The molecule has 17 nitrogen and oxygen atoms in total. The lowest BCUT2D eigenvalue weighted by Gasteiger charge is -2.67. The van der Waals surface area contributed by atoms with Gasteiger partial charge in [0.05, 0.1) is 29.8 Å². The van der Waals surface area contributed by atoms with Crippen LogP contribution < -0.4 is 10.6 Å². The fourth-order valence-corrected chi connectivity index (χ4v) is 10.4. The molecule has 1 aromatic heterocycles. The van der Waals surface area contributed by atoms with Crippen molar-refractivity contribution >= 4 is 41.4 Å². The Kier molecular flexibility index (Phi) is 12.9. The largest absolute Gasteiger partial charge is 0.467 e. The lowest BCUT2D eigenvalue weighted by atomic mass is 9.44. The van der Waals surface area contributed by atoms with E-state index in [1.54, 1.807) is 48.5 Å². The van der Waals surface area contributed by atoms with Crippen LogP contribution in [0.4, 0.5) is 10.5 Å². The number of esters is 3. The molecule has 2 saturated carbocycles. The second-order valence-corrected chi connectivity index (χ2v) is 18.6. The molecule has 2 aromatic carbocycles. The summed E-state index contributed by atoms with van der Waals surface area (Å²) in [5.41, 5.74) is -7.60. The maximum Gasteiger partial charge on any atom is 0.411 e. The number of Topliss-reactive ketones (excluding diaryl/α,β-unsaturated/α-hetero) is 1. The Morgan fingerprint density at radius 2 is 1.58 bits per heavy atom. The summed E-state index contributed by atoms with van der Waals surface area (Å²) in [5, 5.41) is 43.1. The number of fused-ring (bicyclic) bond motifs is 5. The van der Waals surface area contributed by atoms with Crippen LogP contribution >= 0.6 is 0 Å². The first-order chi connectivity index (χ1) is 30.6. The Morgan fingerprint density at radius 1 is 0.923 bits per heavy atom. The number of anilines is 1. The van der Waals surface area contributed by atoms with Gasteiger partial charge >= 0.3 is 24.0 Å². The van der Waals surface area contributed by atoms with E-state index in [0.29, 0.717) is 5.69 Å². The van der Waals surface area contributed by atoms with Crippen molar-refractivity contribution in [1.29, 1.82) is 0 Å². The van der Waals surface area contributed by atoms with Gasteiger partial charge in [0.1, 0.15) is 47.9 Å². The van der Waals surface area contributed by atoms with Gasteiger partial charge in [0.15, 0.2) is 17.5 Å². The van der Waals surface area contributed by atoms with Gasteiger partial charge < -0.3 is 48.7 Å². The molecule has 5 N–H and O–H groups in total. The lowest BCUT2D eigenvalue weighted by molar-refractivity contribution is -0.345. The van der Waals surface area contributed by atoms with E-state index in [2.05, 4.69) is 10.6 Å². The second-order valence-electron chi connectivity index (χ2n) is 18.6. The summed E-state index contributed by atoms with van der Waals surface area (Å²) in [7, 11) is 0. The SMILES string of the molecule is CC(=O)O[C@@]12CO[C@@H]1CC(OC(=O)Nc1ccccc1)[C@@]1(C)C(=O)[C@H](O)C3=C(C)[C@@H](OC(=O)[C@H](O)[C@@H](NC(=O)CC(C)C)c4ccco4)C[C@@](O)([C@@H](OC(=O)c4ccccc4)C12)C3(C)C. The van der Waals surface area contributed by atoms with Gasteiger partial charge in [-0.2, -0.15) is 0 Å². The molecule has 1 aliphatic heterocycles. The molecule has 7 rings (SSSR count). The van der Waals surface area contributed by atoms with Gasteiger partial charge in [-0.15, -0.1) is 0 Å². The maximum absolute atomic E-state index is 15.6. The van der Waals surface area contributed by atoms with Crippen molar-refractivity contribution in [3.63, 3.8) is 0 Å². The van der Waals surface area contributed by atoms with Crippen molar-refractivity contribution in [1.82, 2.24) is 5.32 Å². The predicted molar refractivity (Wildman–Crippen MR) is 228 cm³/mol. The second kappa shape index (κ2) is 17.8. The van der Waals surface area contributed by atoms with Crippen molar-refractivity contribution in [3.05, 3.63) is 102 Å². The Bertz CT molecular complexity index is 2330. The van der Waals surface area contributed by atoms with E-state index in [-0.39, 0.29) is 47.8 Å². The average Bonchev–Trinajstić information content (AvgIpc) is 3.79. The normalized spacial score (nSPS) is 31.0. The molecule has 0 radical (unpaired) electrons. The monoisotopic (exact) mass is 900 g/mol. The molecule has 348 valence electrons. The summed E-state index contributed by atoms with van der Waals surface area (Å²) in [5.74, 6) is -6.08. The van der Waals surface area contributed by atoms with Gasteiger partial charge in [0.2, 0.25) is 5.91 Å². The van der Waals surface area contributed by atoms with Crippen LogP contribution in [0.2, 0.25) is 0 Å². The fourth-order valence-electron chi connectivity index (χ4n) is 10.4. The van der Waals surface area contributed by atoms with E-state index < -0.39 is 113 Å². The number of nitrogens with one attached hydrogen (secondary N) is 2. The Morgan fingerprint density at radius 3 is 2.17 bits per heavy atom. The highest BCUT2D eigenvalue weighted by Crippen LogP contribution is 2.64. The average molecular weight is 901 g/mol. The van der Waals surface area contributed by atoms with Crippen LogP contribution in [0.1, 0.15) is 89.9 Å². The number of aliphatic hydroxyl groups is 3. The summed E-state index contributed by atoms with van der Waals surface area (Å²) >= 11 is 0. The number of para-hydroxylation sites is 1. The molecule has 65 heavy (non-hydrogen) atoms. The summed E-state index contributed by atoms with van der Waals surface area (Å²) in [4.78, 5) is 84.0. The first-order valence-electron chi connectivity index (χ1n) is 21.6. The van der Waals surface area contributed by atoms with Crippen LogP contribution in [0.15, 0.2) is 94.6 Å². The molecule has 3 aromatic rings. The number of carbonyl (C=O) groups excluding carboxylic acids is 6. The number of ether oxygens (including phenoxy) is 5. The van der Waals surface area contributed by atoms with Crippen LogP contribution in [0.3, 0.4) is 0 Å². The zero-order valence-corrected chi connectivity index (χ0v) is 37.3. The minimum absolute atomic E-state index is 0.0444. The molecule has 2 heterocycles. The number of hydrogen-bond acceptors (Lipinski definition) is 15. The molecule has 4 aliphatic rings. The molecule has 3 fully saturated rings. The third kappa shape index (κ3) is 8.34. The first kappa shape index (κ1) is 47.1. The molecule has 0 spiro atoms. The van der Waals surface area contributed by atoms with Crippen LogP contribution in [0.25, 0.3) is 0 Å². The molecule has 3 aliphatic carbocycles. The minimum Gasteiger partial charge on any atom is -0.467 e. The number of ketones is 1. The summed E-state index contributed by atoms with van der Waals surface area (Å²) < 4.78 is 36.2. The molecule has 1 saturated heterocycles. The van der Waals surface area contributed by atoms with Gasteiger partial charge in [0, 0.05) is 37.3 Å². The highest BCUT2D eigenvalue weighted by Gasteiger charge is 2.78. The number of hydrogen-bond donors (Lipinski definition) is 5. The molecule has 11 atom stereocenters. The minimum atomic E-state index is -2.43. The van der Waals surface area contributed by atoms with Gasteiger partial charge in [-0.25, -0.2) is 14.4 Å². The lowest BCUT2D eigenvalue weighted by Crippen LogP contribution is -2.82. The Labute approximate surface area is 375 Å². The van der Waals surface area contributed by atoms with Crippen LogP contribution in [-0.2, 0) is 42.9 Å². The van der Waals surface area contributed by atoms with Gasteiger partial charge in [0.25, 0.3) is 0 Å². The summed E-state index contributed by atoms with van der Waals surface area (Å²) in [6.07, 6.45) is -10.5. The van der Waals surface area contributed by atoms with Crippen molar-refractivity contribution in [2.45, 2.75) is 122 Å². The van der Waals surface area contributed by atoms with Gasteiger partial charge in [-0.3, -0.25) is 19.7 Å². The molecular weight excluding hydrogens is 845 g/mol. The van der Waals surface area contributed by atoms with Gasteiger partial charge in [-0.05, 0) is 67.3 Å². The standard InChI is InChI=1S/C48H56N2O15/c1-25(2)21-34(52)50-36(30-19-14-20-60-30)38(54)43(57)62-31-23-48(59)41(64-42(56)28-15-10-8-11-16-28)39-46(7,40(55)37(53)35(26(31)3)45(48,5)6)32(22-33-47(39,24-61-33)65-27(4)51)63-44(58)49-29-17-12-9-13-18-29/h8-20,25,31-33,36-39,41,53-54,59H,21-24H2,1-7H3,(H,49,58)(H,50,52)/t31-,32?,33+,36-,37+,38+,39?,41-,46+,47-,48+/m0/s1. The third-order valence-electron chi connectivity index (χ3n) is 13.7. The van der Waals surface area contributed by atoms with Crippen LogP contribution in [-0.4, -0.2) is 105 Å². The number of aliphatic hydroxyl groups excluding tert-OH is 2. The number of carbonyl (C=O) groups is 6. The highest BCUT2D eigenvalue weighted by atomic mass is 16.6. The smallest absolute Gasteiger partial charge is 0.411 e. The zero-order valence-electron chi connectivity index (χ0n) is 37.3. The number of furan rings is 1. The number of amides is 2. The van der Waals surface area contributed by atoms with E-state index in [0.717, 1.165) is 6.92 Å². The van der Waals surface area contributed by atoms with Crippen molar-refractivity contribution in [3.8, 4) is 0 Å². The van der Waals surface area contributed by atoms with E-state index in [1.165, 1.54) is 58.2 Å². The molecular formula is C48H56N2O15. The molecule has 2 amide bonds. The summed E-state index contributed by atoms with van der Waals surface area (Å²) in [6, 6.07) is 17.7. The van der Waals surface area contributed by atoms with Gasteiger partial charge in [-0.1, -0.05) is 64.1 Å². The van der Waals surface area contributed by atoms with Crippen molar-refractivity contribution in [2.75, 3.05) is 11.9 Å². The molecule has 2 bridgehead atoms. The van der Waals surface area contributed by atoms with Crippen molar-refractivity contribution in [2.24, 2.45) is 22.7 Å². The van der Waals surface area contributed by atoms with E-state index >= 15 is 4.79 Å². The Balaban J connectivity index is 1.38. The predicted octanol–water partition coefficient (Wildman–Crippen LogP) is 4.75. The van der Waals surface area contributed by atoms with E-state index in [4.69, 9.17) is 28.1 Å². The zero-order chi connectivity index (χ0) is 47.2. The Hall–Kier alpha value is -5.88. The van der Waals surface area contributed by atoms with E-state index in [1.807, 2.05) is 13.8 Å². The quantitative estimate of drug-likeness (QED) is 0.0936. The van der Waals surface area contributed by atoms with Crippen LogP contribution in [0.5, 0.6) is 0 Å². The first-order valence-corrected chi connectivity index (χ1v) is 21.6.